The van der Waals surface area contributed by atoms with Gasteiger partial charge in [0.25, 0.3) is 5.91 Å². The van der Waals surface area contributed by atoms with E-state index in [4.69, 9.17) is 0 Å². The molecule has 6 rings (SSSR count). The Morgan fingerprint density at radius 1 is 1.23 bits per heavy atom. The maximum atomic E-state index is 13.2. The van der Waals surface area contributed by atoms with Crippen molar-refractivity contribution in [1.82, 2.24) is 34.3 Å². The van der Waals surface area contributed by atoms with Gasteiger partial charge in [0.2, 0.25) is 0 Å². The van der Waals surface area contributed by atoms with Crippen LogP contribution >= 0.6 is 11.3 Å². The van der Waals surface area contributed by atoms with Gasteiger partial charge in [0, 0.05) is 30.6 Å². The fourth-order valence-electron chi connectivity index (χ4n) is 4.47. The number of β-amino-alcohol motifs (C(OH)–C–C–N with tert-alkyl or cyclic N) is 1. The van der Waals surface area contributed by atoms with Gasteiger partial charge in [-0.1, -0.05) is 0 Å². The molecule has 0 radical (unpaired) electrons. The van der Waals surface area contributed by atoms with Gasteiger partial charge in [-0.2, -0.15) is 13.2 Å². The van der Waals surface area contributed by atoms with Crippen molar-refractivity contribution in [1.29, 1.82) is 0 Å². The number of hydrogen-bond donors (Lipinski definition) is 2. The fourth-order valence-corrected chi connectivity index (χ4v) is 5.21. The third-order valence-electron chi connectivity index (χ3n) is 6.78. The van der Waals surface area contributed by atoms with E-state index in [0.29, 0.717) is 24.7 Å². The monoisotopic (exact) mass is 559 g/mol. The summed E-state index contributed by atoms with van der Waals surface area (Å²) in [5, 5.41) is 22.0. The Labute approximate surface area is 224 Å². The van der Waals surface area contributed by atoms with Crippen LogP contribution in [0.5, 0.6) is 0 Å². The Hall–Kier alpha value is -3.85. The second-order valence-electron chi connectivity index (χ2n) is 10.2. The van der Waals surface area contributed by atoms with Gasteiger partial charge in [0.15, 0.2) is 10.8 Å². The number of rotatable bonds is 7. The first-order valence-electron chi connectivity index (χ1n) is 12.2. The van der Waals surface area contributed by atoms with E-state index < -0.39 is 23.7 Å². The molecular formula is C24H24F3N9O2S. The average Bonchev–Trinajstić information content (AvgIpc) is 3.24. The molecule has 0 spiro atoms. The summed E-state index contributed by atoms with van der Waals surface area (Å²) in [5.74, 6) is 0.0157. The molecule has 1 atom stereocenters. The number of carbonyl (C=O) groups is 1. The molecule has 15 heteroatoms. The van der Waals surface area contributed by atoms with Gasteiger partial charge in [-0.15, -0.1) is 21.5 Å². The molecule has 0 bridgehead atoms. The number of nitrogens with zero attached hydrogens (tertiary/aromatic N) is 8. The van der Waals surface area contributed by atoms with Crippen molar-refractivity contribution in [2.24, 2.45) is 0 Å². The van der Waals surface area contributed by atoms with Crippen molar-refractivity contribution in [3.63, 3.8) is 0 Å². The van der Waals surface area contributed by atoms with Crippen LogP contribution in [0.25, 0.3) is 16.5 Å². The molecule has 204 valence electrons. The van der Waals surface area contributed by atoms with Crippen molar-refractivity contribution < 1.29 is 23.1 Å². The first-order chi connectivity index (χ1) is 18.5. The Balaban J connectivity index is 1.25. The van der Waals surface area contributed by atoms with Crippen molar-refractivity contribution in [2.45, 2.75) is 50.4 Å². The maximum Gasteiger partial charge on any atom is 0.408 e. The summed E-state index contributed by atoms with van der Waals surface area (Å²) in [6.07, 6.45) is 3.96. The second kappa shape index (κ2) is 9.12. The van der Waals surface area contributed by atoms with E-state index >= 15 is 0 Å². The summed E-state index contributed by atoms with van der Waals surface area (Å²) in [4.78, 5) is 28.2. The highest BCUT2D eigenvalue weighted by Crippen LogP contribution is 2.40. The van der Waals surface area contributed by atoms with Crippen LogP contribution in [-0.4, -0.2) is 70.2 Å². The molecule has 1 aliphatic carbocycles. The largest absolute Gasteiger partial charge is 0.408 e. The van der Waals surface area contributed by atoms with Crippen molar-refractivity contribution >= 4 is 28.7 Å². The normalized spacial score (nSPS) is 17.6. The molecule has 2 fully saturated rings. The van der Waals surface area contributed by atoms with Crippen LogP contribution in [-0.2, 0) is 0 Å². The van der Waals surface area contributed by atoms with E-state index in [0.717, 1.165) is 53.4 Å². The standard InChI is InChI=1S/C24H24F3N9O2S/c1-13(24(25,26)27)36-12-30-33-20(36)22-32-19(8-39-22)31-21(37)15-5-17(34-7-16(29-11-34)14-3-4-14)18(6-28-15)35-9-23(2,38)10-35/h5-8,11-14,38H,3-4,9-10H2,1-2H3,(H,31,37). The Morgan fingerprint density at radius 2 is 2.00 bits per heavy atom. The molecule has 1 saturated heterocycles. The van der Waals surface area contributed by atoms with E-state index in [-0.39, 0.29) is 22.3 Å². The lowest BCUT2D eigenvalue weighted by Crippen LogP contribution is -2.60. The van der Waals surface area contributed by atoms with E-state index in [2.05, 4.69) is 30.5 Å². The molecule has 39 heavy (non-hydrogen) atoms. The van der Waals surface area contributed by atoms with Crippen molar-refractivity contribution in [2.75, 3.05) is 23.3 Å². The first kappa shape index (κ1) is 25.4. The Bertz CT molecular complexity index is 1530. The van der Waals surface area contributed by atoms with Gasteiger partial charge in [-0.3, -0.25) is 9.36 Å². The molecule has 4 aromatic rings. The molecule has 1 amide bonds. The van der Waals surface area contributed by atoms with Crippen LogP contribution in [0.4, 0.5) is 24.7 Å². The predicted octanol–water partition coefficient (Wildman–Crippen LogP) is 3.81. The van der Waals surface area contributed by atoms with Crippen LogP contribution in [0.1, 0.15) is 54.8 Å². The van der Waals surface area contributed by atoms with E-state index in [1.165, 1.54) is 5.38 Å². The third-order valence-corrected chi connectivity index (χ3v) is 7.61. The molecule has 1 aliphatic heterocycles. The summed E-state index contributed by atoms with van der Waals surface area (Å²) in [6, 6.07) is -0.199. The fraction of sp³-hybridized carbons (Fsp3) is 0.417. The van der Waals surface area contributed by atoms with Gasteiger partial charge >= 0.3 is 6.18 Å². The topological polar surface area (TPSA) is 127 Å². The lowest BCUT2D eigenvalue weighted by atomic mass is 9.96. The van der Waals surface area contributed by atoms with Crippen LogP contribution < -0.4 is 10.2 Å². The molecule has 1 unspecified atom stereocenters. The number of aromatic nitrogens is 7. The highest BCUT2D eigenvalue weighted by atomic mass is 32.1. The number of imidazole rings is 1. The number of aliphatic hydroxyl groups is 1. The van der Waals surface area contributed by atoms with E-state index in [1.807, 2.05) is 15.7 Å². The lowest BCUT2D eigenvalue weighted by molar-refractivity contribution is -0.162. The molecule has 0 aromatic carbocycles. The van der Waals surface area contributed by atoms with E-state index in [9.17, 15) is 23.1 Å². The molecule has 1 saturated carbocycles. The summed E-state index contributed by atoms with van der Waals surface area (Å²) in [7, 11) is 0. The SMILES string of the molecule is CC(n1cnnc1-c1nc(NC(=O)c2cc(-n3cnc(C4CC4)c3)c(N3CC(C)(O)C3)cn2)cs1)C(F)(F)F. The summed E-state index contributed by atoms with van der Waals surface area (Å²) in [6.45, 7) is 3.62. The summed E-state index contributed by atoms with van der Waals surface area (Å²) in [5.41, 5.74) is 1.75. The molecule has 4 aromatic heterocycles. The quantitative estimate of drug-likeness (QED) is 0.350. The van der Waals surface area contributed by atoms with Crippen molar-refractivity contribution in [3.05, 3.63) is 47.9 Å². The lowest BCUT2D eigenvalue weighted by Gasteiger charge is -2.46. The van der Waals surface area contributed by atoms with Crippen LogP contribution in [0.15, 0.2) is 36.5 Å². The van der Waals surface area contributed by atoms with Gasteiger partial charge in [0.1, 0.15) is 23.9 Å². The molecular weight excluding hydrogens is 535 g/mol. The van der Waals surface area contributed by atoms with Crippen molar-refractivity contribution in [3.8, 4) is 16.5 Å². The molecule has 2 N–H and O–H groups in total. The second-order valence-corrected chi connectivity index (χ2v) is 11.0. The predicted molar refractivity (Wildman–Crippen MR) is 136 cm³/mol. The number of thiazole rings is 1. The van der Waals surface area contributed by atoms with Gasteiger partial charge in [0.05, 0.1) is 35.2 Å². The number of halogens is 3. The maximum absolute atomic E-state index is 13.2. The van der Waals surface area contributed by atoms with E-state index in [1.54, 1.807) is 25.5 Å². The summed E-state index contributed by atoms with van der Waals surface area (Å²) < 4.78 is 42.5. The number of pyridine rings is 1. The van der Waals surface area contributed by atoms with Gasteiger partial charge in [-0.05, 0) is 32.8 Å². The minimum absolute atomic E-state index is 0.0490. The zero-order valence-corrected chi connectivity index (χ0v) is 21.7. The highest BCUT2D eigenvalue weighted by Gasteiger charge is 2.40. The zero-order valence-electron chi connectivity index (χ0n) is 20.9. The molecule has 2 aliphatic rings. The number of nitrogens with one attached hydrogen (secondary N) is 1. The number of carbonyl (C=O) groups excluding carboxylic acids is 1. The summed E-state index contributed by atoms with van der Waals surface area (Å²) >= 11 is 1.04. The van der Waals surface area contributed by atoms with Gasteiger partial charge in [-0.25, -0.2) is 15.0 Å². The minimum Gasteiger partial charge on any atom is -0.386 e. The van der Waals surface area contributed by atoms with Crippen LogP contribution in [0.2, 0.25) is 0 Å². The van der Waals surface area contributed by atoms with Crippen LogP contribution in [0, 0.1) is 0 Å². The Kier molecular flexibility index (Phi) is 5.95. The molecule has 11 nitrogen and oxygen atoms in total. The highest BCUT2D eigenvalue weighted by molar-refractivity contribution is 7.13. The number of hydrogen-bond acceptors (Lipinski definition) is 9. The Morgan fingerprint density at radius 3 is 2.69 bits per heavy atom. The average molecular weight is 560 g/mol. The number of anilines is 2. The minimum atomic E-state index is -4.48. The molecule has 5 heterocycles. The zero-order chi connectivity index (χ0) is 27.5. The number of amides is 1. The van der Waals surface area contributed by atoms with Gasteiger partial charge < -0.3 is 19.9 Å². The smallest absolute Gasteiger partial charge is 0.386 e. The first-order valence-corrected chi connectivity index (χ1v) is 13.1. The third kappa shape index (κ3) is 4.98. The number of alkyl halides is 3. The van der Waals surface area contributed by atoms with Crippen LogP contribution in [0.3, 0.4) is 0 Å².